The topological polar surface area (TPSA) is 28.2 Å². The molecule has 1 aliphatic heterocycles. The summed E-state index contributed by atoms with van der Waals surface area (Å²) in [5.74, 6) is 0.340. The molecule has 2 heterocycles. The molecular formula is C15H24FN3. The highest BCUT2D eigenvalue weighted by Gasteiger charge is 2.29. The molecule has 19 heavy (non-hydrogen) atoms. The summed E-state index contributed by atoms with van der Waals surface area (Å²) in [6.07, 6.45) is 4.15. The van der Waals surface area contributed by atoms with Crippen LogP contribution in [0.4, 0.5) is 4.39 Å². The molecule has 1 fully saturated rings. The minimum Gasteiger partial charge on any atom is -0.311 e. The van der Waals surface area contributed by atoms with E-state index in [-0.39, 0.29) is 5.82 Å². The van der Waals surface area contributed by atoms with Crippen LogP contribution in [0.1, 0.15) is 32.8 Å². The van der Waals surface area contributed by atoms with Crippen LogP contribution in [0.25, 0.3) is 0 Å². The highest BCUT2D eigenvalue weighted by Crippen LogP contribution is 2.19. The van der Waals surface area contributed by atoms with Crippen molar-refractivity contribution in [1.82, 2.24) is 15.2 Å². The molecule has 2 rings (SSSR count). The van der Waals surface area contributed by atoms with Crippen LogP contribution in [-0.2, 0) is 6.54 Å². The van der Waals surface area contributed by atoms with E-state index in [1.807, 2.05) is 0 Å². The molecule has 0 aromatic carbocycles. The Kier molecular flexibility index (Phi) is 4.88. The van der Waals surface area contributed by atoms with E-state index in [1.54, 1.807) is 12.3 Å². The second kappa shape index (κ2) is 6.44. The molecule has 1 saturated heterocycles. The Morgan fingerprint density at radius 3 is 2.89 bits per heavy atom. The van der Waals surface area contributed by atoms with Crippen molar-refractivity contribution in [3.05, 3.63) is 29.8 Å². The highest BCUT2D eigenvalue weighted by atomic mass is 19.1. The molecule has 0 aliphatic carbocycles. The van der Waals surface area contributed by atoms with E-state index < -0.39 is 0 Å². The monoisotopic (exact) mass is 265 g/mol. The average Bonchev–Trinajstić information content (AvgIpc) is 2.38. The molecule has 1 N–H and O–H groups in total. The minimum absolute atomic E-state index is 0.249. The fraction of sp³-hybridized carbons (Fsp3) is 0.667. The van der Waals surface area contributed by atoms with E-state index in [9.17, 15) is 4.39 Å². The zero-order valence-electron chi connectivity index (χ0n) is 12.1. The Balaban J connectivity index is 2.09. The van der Waals surface area contributed by atoms with Gasteiger partial charge in [-0.05, 0) is 24.0 Å². The largest absolute Gasteiger partial charge is 0.311 e. The minimum atomic E-state index is -0.249. The number of rotatable bonds is 4. The van der Waals surface area contributed by atoms with Gasteiger partial charge in [0, 0.05) is 37.9 Å². The third kappa shape index (κ3) is 3.74. The molecule has 106 valence electrons. The van der Waals surface area contributed by atoms with Crippen LogP contribution in [0, 0.1) is 11.7 Å². The first-order valence-corrected chi connectivity index (χ1v) is 7.17. The summed E-state index contributed by atoms with van der Waals surface area (Å²) in [7, 11) is 0. The van der Waals surface area contributed by atoms with Gasteiger partial charge in [-0.3, -0.25) is 9.88 Å². The van der Waals surface area contributed by atoms with E-state index in [4.69, 9.17) is 0 Å². The number of nitrogens with zero attached hydrogens (tertiary/aromatic N) is 2. The van der Waals surface area contributed by atoms with Crippen LogP contribution < -0.4 is 5.32 Å². The van der Waals surface area contributed by atoms with E-state index in [0.29, 0.717) is 18.0 Å². The number of hydrogen-bond acceptors (Lipinski definition) is 3. The van der Waals surface area contributed by atoms with Crippen LogP contribution in [0.2, 0.25) is 0 Å². The summed E-state index contributed by atoms with van der Waals surface area (Å²) in [4.78, 5) is 6.41. The molecule has 0 saturated carbocycles. The van der Waals surface area contributed by atoms with Gasteiger partial charge in [0.25, 0.3) is 0 Å². The Morgan fingerprint density at radius 2 is 2.26 bits per heavy atom. The average molecular weight is 265 g/mol. The predicted molar refractivity (Wildman–Crippen MR) is 75.3 cm³/mol. The molecule has 1 aromatic heterocycles. The van der Waals surface area contributed by atoms with Crippen molar-refractivity contribution >= 4 is 0 Å². The SMILES string of the molecule is CCC1CN(Cc2cncc(F)c2)C(C(C)C)CN1. The van der Waals surface area contributed by atoms with Gasteiger partial charge in [-0.1, -0.05) is 20.8 Å². The first-order valence-electron chi connectivity index (χ1n) is 7.17. The normalized spacial score (nSPS) is 24.9. The van der Waals surface area contributed by atoms with Crippen molar-refractivity contribution in [3.63, 3.8) is 0 Å². The van der Waals surface area contributed by atoms with Crippen molar-refractivity contribution in [2.75, 3.05) is 13.1 Å². The first kappa shape index (κ1) is 14.4. The first-order chi connectivity index (χ1) is 9.10. The Hall–Kier alpha value is -1.00. The number of piperazine rings is 1. The number of nitrogens with one attached hydrogen (secondary N) is 1. The molecule has 2 atom stereocenters. The van der Waals surface area contributed by atoms with Gasteiger partial charge in [0.1, 0.15) is 5.82 Å². The van der Waals surface area contributed by atoms with Crippen LogP contribution in [0.15, 0.2) is 18.5 Å². The van der Waals surface area contributed by atoms with Crippen molar-refractivity contribution < 1.29 is 4.39 Å². The van der Waals surface area contributed by atoms with Gasteiger partial charge >= 0.3 is 0 Å². The van der Waals surface area contributed by atoms with Crippen molar-refractivity contribution in [1.29, 1.82) is 0 Å². The molecule has 0 radical (unpaired) electrons. The predicted octanol–water partition coefficient (Wildman–Crippen LogP) is 2.43. The van der Waals surface area contributed by atoms with Crippen LogP contribution in [0.3, 0.4) is 0 Å². The van der Waals surface area contributed by atoms with Gasteiger partial charge < -0.3 is 5.32 Å². The van der Waals surface area contributed by atoms with E-state index in [1.165, 1.54) is 6.20 Å². The lowest BCUT2D eigenvalue weighted by molar-refractivity contribution is 0.0898. The lowest BCUT2D eigenvalue weighted by Crippen LogP contribution is -2.57. The lowest BCUT2D eigenvalue weighted by Gasteiger charge is -2.42. The molecule has 0 bridgehead atoms. The van der Waals surface area contributed by atoms with Crippen molar-refractivity contribution in [2.24, 2.45) is 5.92 Å². The lowest BCUT2D eigenvalue weighted by atomic mass is 9.97. The number of halogens is 1. The standard InChI is InChI=1S/C15H24FN3/c1-4-14-10-19(15(8-18-14)11(2)3)9-12-5-13(16)7-17-6-12/h5-7,11,14-15,18H,4,8-10H2,1-3H3. The highest BCUT2D eigenvalue weighted by molar-refractivity contribution is 5.10. The van der Waals surface area contributed by atoms with Gasteiger partial charge in [-0.2, -0.15) is 0 Å². The maximum atomic E-state index is 13.2. The Labute approximate surface area is 115 Å². The Bertz CT molecular complexity index is 408. The van der Waals surface area contributed by atoms with Crippen LogP contribution in [-0.4, -0.2) is 35.1 Å². The summed E-state index contributed by atoms with van der Waals surface area (Å²) < 4.78 is 13.2. The van der Waals surface area contributed by atoms with E-state index >= 15 is 0 Å². The third-order valence-electron chi connectivity index (χ3n) is 3.95. The Morgan fingerprint density at radius 1 is 1.47 bits per heavy atom. The van der Waals surface area contributed by atoms with Gasteiger partial charge in [-0.15, -0.1) is 0 Å². The summed E-state index contributed by atoms with van der Waals surface area (Å²) in [5, 5.41) is 3.60. The number of hydrogen-bond donors (Lipinski definition) is 1. The van der Waals surface area contributed by atoms with E-state index in [0.717, 1.165) is 31.6 Å². The zero-order valence-corrected chi connectivity index (χ0v) is 12.1. The van der Waals surface area contributed by atoms with Crippen LogP contribution in [0.5, 0.6) is 0 Å². The van der Waals surface area contributed by atoms with E-state index in [2.05, 4.69) is 36.0 Å². The van der Waals surface area contributed by atoms with Gasteiger partial charge in [0.15, 0.2) is 0 Å². The molecule has 3 nitrogen and oxygen atoms in total. The summed E-state index contributed by atoms with van der Waals surface area (Å²) in [6.45, 7) is 9.51. The smallest absolute Gasteiger partial charge is 0.141 e. The summed E-state index contributed by atoms with van der Waals surface area (Å²) in [6, 6.07) is 2.63. The molecule has 1 aromatic rings. The summed E-state index contributed by atoms with van der Waals surface area (Å²) >= 11 is 0. The zero-order chi connectivity index (χ0) is 13.8. The molecule has 0 amide bonds. The second-order valence-electron chi connectivity index (χ2n) is 5.77. The van der Waals surface area contributed by atoms with Crippen LogP contribution >= 0.6 is 0 Å². The van der Waals surface area contributed by atoms with Crippen molar-refractivity contribution in [3.8, 4) is 0 Å². The molecule has 0 spiro atoms. The maximum absolute atomic E-state index is 13.2. The number of pyridine rings is 1. The van der Waals surface area contributed by atoms with Gasteiger partial charge in [-0.25, -0.2) is 4.39 Å². The fourth-order valence-electron chi connectivity index (χ4n) is 2.79. The third-order valence-corrected chi connectivity index (χ3v) is 3.95. The molecule has 4 heteroatoms. The number of aromatic nitrogens is 1. The quantitative estimate of drug-likeness (QED) is 0.906. The summed E-state index contributed by atoms with van der Waals surface area (Å²) in [5.41, 5.74) is 0.961. The maximum Gasteiger partial charge on any atom is 0.141 e. The molecule has 2 unspecified atom stereocenters. The van der Waals surface area contributed by atoms with Crippen molar-refractivity contribution in [2.45, 2.75) is 45.8 Å². The molecule has 1 aliphatic rings. The fourth-order valence-corrected chi connectivity index (χ4v) is 2.79. The van der Waals surface area contributed by atoms with Gasteiger partial charge in [0.05, 0.1) is 6.20 Å². The van der Waals surface area contributed by atoms with Gasteiger partial charge in [0.2, 0.25) is 0 Å². The molecular weight excluding hydrogens is 241 g/mol. The second-order valence-corrected chi connectivity index (χ2v) is 5.77.